The number of esters is 1. The highest BCUT2D eigenvalue weighted by molar-refractivity contribution is 6.34. The van der Waals surface area contributed by atoms with Crippen molar-refractivity contribution in [3.05, 3.63) is 86.9 Å². The van der Waals surface area contributed by atoms with E-state index in [1.54, 1.807) is 0 Å². The molecule has 0 bridgehead atoms. The van der Waals surface area contributed by atoms with Crippen LogP contribution in [0.15, 0.2) is 46.6 Å². The molecule has 8 nitrogen and oxygen atoms in total. The number of hydrogen-bond donors (Lipinski definition) is 0. The van der Waals surface area contributed by atoms with Crippen molar-refractivity contribution in [3.8, 4) is 0 Å². The topological polar surface area (TPSA) is 101 Å². The van der Waals surface area contributed by atoms with Gasteiger partial charge in [-0.15, -0.1) is 0 Å². The lowest BCUT2D eigenvalue weighted by Gasteiger charge is -2.20. The SMILES string of the molecule is Cc1cc(C)c(N2C(=O)C3=C(CC(C)CC3)C2=O)cc1C.[CH2+]C(Cc1cc(N2C(=O)C3=C(CC(C)CC3)C2=O)c(C)cc1C)C(=O)OC. The van der Waals surface area contributed by atoms with Crippen molar-refractivity contribution >= 4 is 41.0 Å². The van der Waals surface area contributed by atoms with E-state index in [2.05, 4.69) is 20.8 Å². The van der Waals surface area contributed by atoms with Crippen molar-refractivity contribution in [2.75, 3.05) is 16.9 Å². The molecule has 3 unspecified atom stereocenters. The van der Waals surface area contributed by atoms with E-state index in [9.17, 15) is 24.0 Å². The predicted octanol–water partition coefficient (Wildman–Crippen LogP) is 7.06. The molecule has 2 aromatic rings. The molecule has 4 aliphatic rings. The van der Waals surface area contributed by atoms with Crippen LogP contribution in [-0.4, -0.2) is 36.7 Å². The van der Waals surface area contributed by atoms with Crippen LogP contribution >= 0.6 is 0 Å². The lowest BCUT2D eigenvalue weighted by atomic mass is 9.86. The summed E-state index contributed by atoms with van der Waals surface area (Å²) in [5, 5.41) is 0. The van der Waals surface area contributed by atoms with Crippen LogP contribution in [0.1, 0.15) is 85.8 Å². The first kappa shape index (κ1) is 34.9. The molecule has 2 aliphatic carbocycles. The number of carbonyl (C=O) groups excluding carboxylic acids is 5. The maximum Gasteiger partial charge on any atom is 0.354 e. The number of nitrogens with zero attached hydrogens (tertiary/aromatic N) is 2. The van der Waals surface area contributed by atoms with Gasteiger partial charge in [-0.25, -0.2) is 14.6 Å². The number of methoxy groups -OCH3 is 1. The molecule has 0 spiro atoms. The third-order valence-corrected chi connectivity index (χ3v) is 10.4. The van der Waals surface area contributed by atoms with Gasteiger partial charge in [-0.1, -0.05) is 26.0 Å². The quantitative estimate of drug-likeness (QED) is 0.195. The number of anilines is 2. The molecule has 252 valence electrons. The number of ether oxygens (including phenoxy) is 1. The van der Waals surface area contributed by atoms with E-state index in [0.29, 0.717) is 47.9 Å². The highest BCUT2D eigenvalue weighted by Gasteiger charge is 2.43. The normalized spacial score (nSPS) is 21.3. The average molecular weight is 652 g/mol. The van der Waals surface area contributed by atoms with Gasteiger partial charge in [-0.3, -0.25) is 19.2 Å². The van der Waals surface area contributed by atoms with Gasteiger partial charge >= 0.3 is 5.97 Å². The van der Waals surface area contributed by atoms with Gasteiger partial charge in [0.25, 0.3) is 23.6 Å². The maximum absolute atomic E-state index is 13.0. The molecule has 0 radical (unpaired) electrons. The summed E-state index contributed by atoms with van der Waals surface area (Å²) < 4.78 is 4.76. The van der Waals surface area contributed by atoms with Crippen molar-refractivity contribution in [1.29, 1.82) is 0 Å². The first-order valence-corrected chi connectivity index (χ1v) is 16.9. The molecular formula is C40H47N2O6+. The van der Waals surface area contributed by atoms with Gasteiger partial charge in [0, 0.05) is 28.7 Å². The van der Waals surface area contributed by atoms with Crippen LogP contribution in [0.2, 0.25) is 0 Å². The zero-order chi connectivity index (χ0) is 35.2. The number of amides is 4. The monoisotopic (exact) mass is 651 g/mol. The highest BCUT2D eigenvalue weighted by Crippen LogP contribution is 2.41. The van der Waals surface area contributed by atoms with E-state index in [0.717, 1.165) is 70.3 Å². The number of imide groups is 2. The fraction of sp³-hybridized carbons (Fsp3) is 0.450. The number of rotatable bonds is 5. The molecule has 2 aromatic carbocycles. The summed E-state index contributed by atoms with van der Waals surface area (Å²) in [6.45, 7) is 18.0. The lowest BCUT2D eigenvalue weighted by Crippen LogP contribution is -2.32. The Morgan fingerprint density at radius 2 is 1.10 bits per heavy atom. The molecule has 0 aromatic heterocycles. The Morgan fingerprint density at radius 1 is 0.688 bits per heavy atom. The summed E-state index contributed by atoms with van der Waals surface area (Å²) in [6.07, 6.45) is 5.13. The van der Waals surface area contributed by atoms with Crippen molar-refractivity contribution in [2.24, 2.45) is 17.8 Å². The van der Waals surface area contributed by atoms with Crippen LogP contribution in [0.25, 0.3) is 0 Å². The molecule has 0 saturated heterocycles. The van der Waals surface area contributed by atoms with Crippen LogP contribution in [0.4, 0.5) is 11.4 Å². The van der Waals surface area contributed by atoms with Gasteiger partial charge in [0.05, 0.1) is 25.4 Å². The summed E-state index contributed by atoms with van der Waals surface area (Å²) in [5.41, 5.74) is 10.2. The number of benzene rings is 2. The van der Waals surface area contributed by atoms with Gasteiger partial charge in [-0.2, -0.15) is 0 Å². The summed E-state index contributed by atoms with van der Waals surface area (Å²) in [7, 11) is 1.34. The van der Waals surface area contributed by atoms with Crippen molar-refractivity contribution in [3.63, 3.8) is 0 Å². The number of carbonyl (C=O) groups is 5. The van der Waals surface area contributed by atoms with Crippen LogP contribution in [0.5, 0.6) is 0 Å². The summed E-state index contributed by atoms with van der Waals surface area (Å²) in [6, 6.07) is 7.81. The summed E-state index contributed by atoms with van der Waals surface area (Å²) in [5.74, 6) is -0.612. The van der Waals surface area contributed by atoms with E-state index in [-0.39, 0.29) is 29.6 Å². The molecule has 3 atom stereocenters. The molecule has 2 aliphatic heterocycles. The fourth-order valence-corrected chi connectivity index (χ4v) is 7.34. The van der Waals surface area contributed by atoms with E-state index >= 15 is 0 Å². The minimum Gasteiger partial charge on any atom is -0.466 e. The molecule has 48 heavy (non-hydrogen) atoms. The number of hydrogen-bond acceptors (Lipinski definition) is 6. The molecule has 0 fully saturated rings. The molecule has 2 heterocycles. The van der Waals surface area contributed by atoms with Gasteiger partial charge in [0.1, 0.15) is 0 Å². The molecule has 0 saturated carbocycles. The van der Waals surface area contributed by atoms with Crippen molar-refractivity contribution < 1.29 is 28.7 Å². The van der Waals surface area contributed by atoms with E-state index < -0.39 is 5.92 Å². The minimum absolute atomic E-state index is 0.103. The Hall–Kier alpha value is -4.46. The second-order valence-electron chi connectivity index (χ2n) is 14.2. The maximum atomic E-state index is 13.0. The standard InChI is InChI=1S/C22H26NO4.C18H21NO2/c1-12-6-7-17-18(8-12)21(25)23(20(17)24)19-11-16(13(2)9-14(19)3)10-15(4)22(26)27-5;1-10-5-6-14-15(7-10)18(21)19(17(14)20)16-9-12(3)11(2)8-13(16)4/h9,11-12,15H,4,6-8,10H2,1-3,5H3;8-10H,5-7H2,1-4H3/q+1;. The first-order valence-electron chi connectivity index (χ1n) is 16.9. The van der Waals surface area contributed by atoms with E-state index in [1.807, 2.05) is 58.9 Å². The van der Waals surface area contributed by atoms with Gasteiger partial charge in [0.2, 0.25) is 0 Å². The van der Waals surface area contributed by atoms with Crippen LogP contribution in [-0.2, 0) is 35.1 Å². The largest absolute Gasteiger partial charge is 0.466 e. The zero-order valence-corrected chi connectivity index (χ0v) is 29.5. The van der Waals surface area contributed by atoms with Gasteiger partial charge in [-0.05, 0) is 130 Å². The minimum atomic E-state index is -0.540. The average Bonchev–Trinajstić information content (AvgIpc) is 3.43. The fourth-order valence-electron chi connectivity index (χ4n) is 7.34. The van der Waals surface area contributed by atoms with Crippen molar-refractivity contribution in [1.82, 2.24) is 0 Å². The second kappa shape index (κ2) is 13.6. The Labute approximate surface area is 284 Å². The molecule has 8 heteroatoms. The molecule has 0 N–H and O–H groups in total. The lowest BCUT2D eigenvalue weighted by molar-refractivity contribution is -0.143. The zero-order valence-electron chi connectivity index (χ0n) is 29.5. The van der Waals surface area contributed by atoms with Crippen LogP contribution in [0, 0.1) is 59.3 Å². The first-order chi connectivity index (χ1) is 22.6. The summed E-state index contributed by atoms with van der Waals surface area (Å²) in [4.78, 5) is 65.7. The Kier molecular flexibility index (Phi) is 9.86. The van der Waals surface area contributed by atoms with E-state index in [1.165, 1.54) is 22.5 Å². The van der Waals surface area contributed by atoms with E-state index in [4.69, 9.17) is 4.74 Å². The van der Waals surface area contributed by atoms with Gasteiger partial charge in [0.15, 0.2) is 5.92 Å². The third kappa shape index (κ3) is 6.37. The Bertz CT molecular complexity index is 1800. The van der Waals surface area contributed by atoms with Gasteiger partial charge < -0.3 is 4.74 Å². The summed E-state index contributed by atoms with van der Waals surface area (Å²) >= 11 is 0. The molecule has 6 rings (SSSR count). The predicted molar refractivity (Wildman–Crippen MR) is 186 cm³/mol. The highest BCUT2D eigenvalue weighted by atomic mass is 16.5. The smallest absolute Gasteiger partial charge is 0.354 e. The third-order valence-electron chi connectivity index (χ3n) is 10.4. The Balaban J connectivity index is 0.000000194. The second-order valence-corrected chi connectivity index (χ2v) is 14.2. The van der Waals surface area contributed by atoms with Crippen LogP contribution in [0.3, 0.4) is 0 Å². The van der Waals surface area contributed by atoms with Crippen molar-refractivity contribution in [2.45, 2.75) is 93.4 Å². The molecule has 4 amide bonds. The van der Waals surface area contributed by atoms with Crippen LogP contribution < -0.4 is 9.80 Å². The number of aryl methyl sites for hydroxylation is 5. The molecular weight excluding hydrogens is 604 g/mol. The Morgan fingerprint density at radius 3 is 1.58 bits per heavy atom.